The highest BCUT2D eigenvalue weighted by atomic mass is 79.9. The zero-order chi connectivity index (χ0) is 21.6. The third kappa shape index (κ3) is 3.37. The molecule has 4 rings (SSSR count). The fourth-order valence-corrected chi connectivity index (χ4v) is 4.79. The molecule has 0 fully saturated rings. The fourth-order valence-electron chi connectivity index (χ4n) is 3.48. The molecular weight excluding hydrogens is 468 g/mol. The van der Waals surface area contributed by atoms with E-state index in [9.17, 15) is 9.59 Å². The standard InChI is InChI=1S/C21H19BrN4O3S/c1-11-17(20(28)29-4)18(15-10-23-25(3)12(15)2)26-19(27)16(30-21(26)24-11)9-13-5-7-14(22)8-6-13/h5-10,18H,1-4H3/b16-9+. The Balaban J connectivity index is 1.99. The second kappa shape index (κ2) is 7.81. The molecule has 1 aromatic carbocycles. The van der Waals surface area contributed by atoms with E-state index in [1.165, 1.54) is 18.4 Å². The monoisotopic (exact) mass is 486 g/mol. The van der Waals surface area contributed by atoms with Crippen molar-refractivity contribution in [1.82, 2.24) is 14.3 Å². The Morgan fingerprint density at radius 3 is 2.57 bits per heavy atom. The van der Waals surface area contributed by atoms with Gasteiger partial charge in [0.1, 0.15) is 6.04 Å². The molecule has 0 bridgehead atoms. The van der Waals surface area contributed by atoms with Crippen LogP contribution in [0.25, 0.3) is 6.08 Å². The van der Waals surface area contributed by atoms with E-state index in [1.807, 2.05) is 44.3 Å². The maximum Gasteiger partial charge on any atom is 0.338 e. The largest absolute Gasteiger partial charge is 0.466 e. The molecule has 1 aliphatic rings. The highest BCUT2D eigenvalue weighted by molar-refractivity contribution is 9.10. The Labute approximate surface area is 184 Å². The number of rotatable bonds is 3. The van der Waals surface area contributed by atoms with Crippen molar-refractivity contribution in [1.29, 1.82) is 0 Å². The lowest BCUT2D eigenvalue weighted by Crippen LogP contribution is -2.40. The summed E-state index contributed by atoms with van der Waals surface area (Å²) < 4.78 is 9.81. The summed E-state index contributed by atoms with van der Waals surface area (Å²) in [6.45, 7) is 3.67. The minimum atomic E-state index is -0.644. The van der Waals surface area contributed by atoms with Gasteiger partial charge in [0, 0.05) is 22.8 Å². The molecule has 3 heterocycles. The van der Waals surface area contributed by atoms with E-state index in [-0.39, 0.29) is 5.56 Å². The number of esters is 1. The minimum absolute atomic E-state index is 0.205. The number of aromatic nitrogens is 3. The maximum absolute atomic E-state index is 13.4. The summed E-state index contributed by atoms with van der Waals surface area (Å²) >= 11 is 4.72. The molecule has 0 spiro atoms. The molecule has 1 atom stereocenters. The van der Waals surface area contributed by atoms with E-state index in [4.69, 9.17) is 4.74 Å². The molecule has 0 radical (unpaired) electrons. The Bertz CT molecular complexity index is 1360. The molecule has 1 unspecified atom stereocenters. The Kier molecular flexibility index (Phi) is 5.33. The number of hydrogen-bond acceptors (Lipinski definition) is 6. The number of thiazole rings is 1. The number of fused-ring (bicyclic) bond motifs is 1. The predicted octanol–water partition coefficient (Wildman–Crippen LogP) is 2.21. The highest BCUT2D eigenvalue weighted by Crippen LogP contribution is 2.32. The van der Waals surface area contributed by atoms with Crippen molar-refractivity contribution in [2.45, 2.75) is 19.9 Å². The van der Waals surface area contributed by atoms with Crippen LogP contribution in [0.2, 0.25) is 0 Å². The van der Waals surface area contributed by atoms with Crippen molar-refractivity contribution >= 4 is 39.3 Å². The Morgan fingerprint density at radius 1 is 1.27 bits per heavy atom. The molecule has 1 aliphatic heterocycles. The predicted molar refractivity (Wildman–Crippen MR) is 118 cm³/mol. The molecule has 7 nitrogen and oxygen atoms in total. The zero-order valence-corrected chi connectivity index (χ0v) is 19.2. The number of nitrogens with zero attached hydrogens (tertiary/aromatic N) is 4. The van der Waals surface area contributed by atoms with Gasteiger partial charge in [-0.1, -0.05) is 39.4 Å². The smallest absolute Gasteiger partial charge is 0.338 e. The van der Waals surface area contributed by atoms with Crippen molar-refractivity contribution < 1.29 is 9.53 Å². The second-order valence-corrected chi connectivity index (χ2v) is 8.86. The van der Waals surface area contributed by atoms with Crippen LogP contribution in [0.15, 0.2) is 56.0 Å². The van der Waals surface area contributed by atoms with Gasteiger partial charge in [-0.15, -0.1) is 0 Å². The van der Waals surface area contributed by atoms with E-state index < -0.39 is 12.0 Å². The van der Waals surface area contributed by atoms with Crippen LogP contribution in [0.3, 0.4) is 0 Å². The van der Waals surface area contributed by atoms with Crippen molar-refractivity contribution in [2.75, 3.05) is 7.11 Å². The van der Waals surface area contributed by atoms with Gasteiger partial charge < -0.3 is 4.74 Å². The van der Waals surface area contributed by atoms with Gasteiger partial charge in [0.2, 0.25) is 0 Å². The topological polar surface area (TPSA) is 78.5 Å². The maximum atomic E-state index is 13.4. The average Bonchev–Trinajstić information content (AvgIpc) is 3.21. The van der Waals surface area contributed by atoms with E-state index in [0.29, 0.717) is 20.6 Å². The number of carbonyl (C=O) groups is 1. The van der Waals surface area contributed by atoms with E-state index in [2.05, 4.69) is 26.0 Å². The van der Waals surface area contributed by atoms with Gasteiger partial charge in [-0.05, 0) is 37.6 Å². The zero-order valence-electron chi connectivity index (χ0n) is 16.8. The third-order valence-electron chi connectivity index (χ3n) is 5.16. The summed E-state index contributed by atoms with van der Waals surface area (Å²) in [5.74, 6) is -0.508. The number of carbonyl (C=O) groups excluding carboxylic acids is 1. The lowest BCUT2D eigenvalue weighted by molar-refractivity contribution is -0.136. The lowest BCUT2D eigenvalue weighted by atomic mass is 9.96. The van der Waals surface area contributed by atoms with Crippen LogP contribution >= 0.6 is 27.3 Å². The molecular formula is C21H19BrN4O3S. The van der Waals surface area contributed by atoms with Crippen LogP contribution in [0.1, 0.15) is 29.8 Å². The van der Waals surface area contributed by atoms with Gasteiger partial charge in [0.25, 0.3) is 5.56 Å². The van der Waals surface area contributed by atoms with Crippen LogP contribution in [0.5, 0.6) is 0 Å². The Hall–Kier alpha value is -2.78. The molecule has 0 amide bonds. The van der Waals surface area contributed by atoms with Crippen molar-refractivity contribution in [3.8, 4) is 0 Å². The van der Waals surface area contributed by atoms with Crippen LogP contribution in [0, 0.1) is 6.92 Å². The first-order valence-corrected chi connectivity index (χ1v) is 10.8. The van der Waals surface area contributed by atoms with Crippen molar-refractivity contribution in [3.63, 3.8) is 0 Å². The highest BCUT2D eigenvalue weighted by Gasteiger charge is 2.34. The summed E-state index contributed by atoms with van der Waals surface area (Å²) in [5.41, 5.74) is 3.20. The number of methoxy groups -OCH3 is 1. The first-order valence-electron chi connectivity index (χ1n) is 9.16. The number of benzene rings is 1. The van der Waals surface area contributed by atoms with Gasteiger partial charge in [-0.3, -0.25) is 14.0 Å². The van der Waals surface area contributed by atoms with Gasteiger partial charge in [0.05, 0.1) is 29.1 Å². The van der Waals surface area contributed by atoms with Crippen molar-refractivity contribution in [3.05, 3.63) is 82.7 Å². The molecule has 0 saturated carbocycles. The van der Waals surface area contributed by atoms with E-state index in [1.54, 1.807) is 22.4 Å². The average molecular weight is 487 g/mol. The number of aryl methyl sites for hydroxylation is 1. The Morgan fingerprint density at radius 2 is 1.97 bits per heavy atom. The molecule has 0 aliphatic carbocycles. The summed E-state index contributed by atoms with van der Waals surface area (Å²) in [7, 11) is 3.15. The van der Waals surface area contributed by atoms with Crippen LogP contribution in [-0.4, -0.2) is 27.4 Å². The third-order valence-corrected chi connectivity index (χ3v) is 6.67. The van der Waals surface area contributed by atoms with Crippen molar-refractivity contribution in [2.24, 2.45) is 12.0 Å². The SMILES string of the molecule is COC(=O)C1=C(C)N=c2s/c(=C/c3ccc(Br)cc3)c(=O)n2C1c1cnn(C)c1C. The summed E-state index contributed by atoms with van der Waals surface area (Å²) in [5, 5.41) is 4.31. The van der Waals surface area contributed by atoms with Gasteiger partial charge in [-0.25, -0.2) is 9.79 Å². The van der Waals surface area contributed by atoms with Crippen LogP contribution in [-0.2, 0) is 16.6 Å². The molecule has 9 heteroatoms. The minimum Gasteiger partial charge on any atom is -0.466 e. The van der Waals surface area contributed by atoms with E-state index >= 15 is 0 Å². The molecule has 0 N–H and O–H groups in total. The number of hydrogen-bond donors (Lipinski definition) is 0. The molecule has 154 valence electrons. The first-order chi connectivity index (χ1) is 14.3. The van der Waals surface area contributed by atoms with E-state index in [0.717, 1.165) is 21.3 Å². The second-order valence-electron chi connectivity index (χ2n) is 6.93. The molecule has 2 aromatic heterocycles. The summed E-state index contributed by atoms with van der Waals surface area (Å²) in [6.07, 6.45) is 3.52. The van der Waals surface area contributed by atoms with Gasteiger partial charge in [-0.2, -0.15) is 5.10 Å². The van der Waals surface area contributed by atoms with Crippen LogP contribution < -0.4 is 14.9 Å². The van der Waals surface area contributed by atoms with Gasteiger partial charge >= 0.3 is 5.97 Å². The number of halogens is 1. The summed E-state index contributed by atoms with van der Waals surface area (Å²) in [4.78, 5) is 31.2. The first kappa shape index (κ1) is 20.5. The fraction of sp³-hybridized carbons (Fsp3) is 0.238. The lowest BCUT2D eigenvalue weighted by Gasteiger charge is -2.23. The quantitative estimate of drug-likeness (QED) is 0.531. The summed E-state index contributed by atoms with van der Waals surface area (Å²) in [6, 6.07) is 7.05. The normalized spacial score (nSPS) is 16.4. The van der Waals surface area contributed by atoms with Crippen LogP contribution in [0.4, 0.5) is 0 Å². The molecule has 0 saturated heterocycles. The number of allylic oxidation sites excluding steroid dienone is 1. The molecule has 3 aromatic rings. The number of ether oxygens (including phenoxy) is 1. The molecule has 30 heavy (non-hydrogen) atoms. The van der Waals surface area contributed by atoms with Gasteiger partial charge in [0.15, 0.2) is 4.80 Å².